The van der Waals surface area contributed by atoms with Gasteiger partial charge in [-0.15, -0.1) is 0 Å². The number of ether oxygens (including phenoxy) is 1. The Morgan fingerprint density at radius 3 is 2.76 bits per heavy atom. The summed E-state index contributed by atoms with van der Waals surface area (Å²) in [6, 6.07) is -1.29. The van der Waals surface area contributed by atoms with Crippen molar-refractivity contribution < 1.29 is 24.0 Å². The highest BCUT2D eigenvalue weighted by Crippen LogP contribution is 2.07. The Kier molecular flexibility index (Phi) is 4.05. The fraction of sp³-hybridized carbons (Fsp3) is 0.444. The quantitative estimate of drug-likeness (QED) is 0.571. The molecule has 0 bridgehead atoms. The van der Waals surface area contributed by atoms with Gasteiger partial charge in [0.05, 0.1) is 12.2 Å². The van der Waals surface area contributed by atoms with Crippen LogP contribution in [0.2, 0.25) is 0 Å². The highest BCUT2D eigenvalue weighted by Gasteiger charge is 2.25. The van der Waals surface area contributed by atoms with Crippen LogP contribution in [0.4, 0.5) is 0 Å². The third kappa shape index (κ3) is 2.94. The van der Waals surface area contributed by atoms with Gasteiger partial charge in [-0.05, 0) is 6.92 Å². The molecule has 0 radical (unpaired) electrons. The van der Waals surface area contributed by atoms with Gasteiger partial charge in [-0.25, -0.2) is 4.79 Å². The molecule has 1 atom stereocenters. The number of hydrogen-bond acceptors (Lipinski definition) is 6. The van der Waals surface area contributed by atoms with Crippen molar-refractivity contribution in [2.45, 2.75) is 19.4 Å². The monoisotopic (exact) mass is 244 g/mol. The minimum atomic E-state index is -1.29. The number of carbonyl (C=O) groups is 2. The predicted octanol–water partition coefficient (Wildman–Crippen LogP) is -0.901. The van der Waals surface area contributed by atoms with Crippen LogP contribution in [0, 0.1) is 0 Å². The van der Waals surface area contributed by atoms with Crippen molar-refractivity contribution in [2.24, 2.45) is 5.73 Å². The average Bonchev–Trinajstić information content (AvgIpc) is 2.61. The first-order valence-corrected chi connectivity index (χ1v) is 4.83. The van der Waals surface area contributed by atoms with Crippen molar-refractivity contribution in [2.75, 3.05) is 6.61 Å². The van der Waals surface area contributed by atoms with Crippen molar-refractivity contribution >= 4 is 11.9 Å². The number of hydrogen-bond donors (Lipinski definition) is 3. The minimum Gasteiger partial charge on any atom is -0.480 e. The second-order valence-corrected chi connectivity index (χ2v) is 3.21. The van der Waals surface area contributed by atoms with Gasteiger partial charge in [0.15, 0.2) is 0 Å². The molecule has 17 heavy (non-hydrogen) atoms. The summed E-state index contributed by atoms with van der Waals surface area (Å²) in [5.41, 5.74) is 4.46. The molecule has 0 aliphatic carbocycles. The molecule has 0 saturated heterocycles. The highest BCUT2D eigenvalue weighted by atomic mass is 16.6. The Balaban J connectivity index is 2.98. The number of aliphatic carboxylic acids is 1. The fourth-order valence-corrected chi connectivity index (χ4v) is 1.18. The standard InChI is InChI=1S/C9H12N2O6/c1-2-16-9(15)6-4(7(12)11-17-6)3-5(10)8(13)14/h5H,2-3,10H2,1H3,(H,11,12)(H,13,14)/t5-/m0/s1. The van der Waals surface area contributed by atoms with E-state index in [0.29, 0.717) is 0 Å². The van der Waals surface area contributed by atoms with E-state index in [-0.39, 0.29) is 24.4 Å². The van der Waals surface area contributed by atoms with Crippen LogP contribution in [-0.2, 0) is 16.0 Å². The van der Waals surface area contributed by atoms with E-state index in [1.54, 1.807) is 6.92 Å². The van der Waals surface area contributed by atoms with Gasteiger partial charge in [0.2, 0.25) is 5.76 Å². The van der Waals surface area contributed by atoms with Crippen LogP contribution in [0.15, 0.2) is 9.32 Å². The van der Waals surface area contributed by atoms with Gasteiger partial charge >= 0.3 is 11.9 Å². The molecule has 0 unspecified atom stereocenters. The maximum Gasteiger partial charge on any atom is 0.377 e. The van der Waals surface area contributed by atoms with Crippen molar-refractivity contribution in [1.29, 1.82) is 0 Å². The van der Waals surface area contributed by atoms with E-state index in [4.69, 9.17) is 10.8 Å². The summed E-state index contributed by atoms with van der Waals surface area (Å²) in [4.78, 5) is 33.2. The molecule has 1 heterocycles. The van der Waals surface area contributed by atoms with Crippen molar-refractivity contribution in [1.82, 2.24) is 5.16 Å². The second-order valence-electron chi connectivity index (χ2n) is 3.21. The van der Waals surface area contributed by atoms with E-state index in [2.05, 4.69) is 9.26 Å². The molecule has 1 rings (SSSR count). The summed E-state index contributed by atoms with van der Waals surface area (Å²) in [5.74, 6) is -2.45. The molecule has 0 aliphatic rings. The molecule has 0 saturated carbocycles. The summed E-state index contributed by atoms with van der Waals surface area (Å²) in [6.07, 6.45) is -0.310. The second kappa shape index (κ2) is 5.30. The zero-order valence-corrected chi connectivity index (χ0v) is 9.06. The molecular formula is C9H12N2O6. The topological polar surface area (TPSA) is 136 Å². The van der Waals surface area contributed by atoms with Crippen LogP contribution >= 0.6 is 0 Å². The van der Waals surface area contributed by atoms with E-state index in [9.17, 15) is 14.4 Å². The van der Waals surface area contributed by atoms with Crippen LogP contribution in [0.5, 0.6) is 0 Å². The molecule has 4 N–H and O–H groups in total. The maximum absolute atomic E-state index is 11.4. The summed E-state index contributed by atoms with van der Waals surface area (Å²) in [6.45, 7) is 1.70. The number of carboxylic acids is 1. The van der Waals surface area contributed by atoms with Gasteiger partial charge in [0, 0.05) is 6.42 Å². The van der Waals surface area contributed by atoms with Gasteiger partial charge in [0.1, 0.15) is 6.04 Å². The van der Waals surface area contributed by atoms with E-state index >= 15 is 0 Å². The molecule has 0 aliphatic heterocycles. The summed E-state index contributed by atoms with van der Waals surface area (Å²) < 4.78 is 9.27. The van der Waals surface area contributed by atoms with Crippen LogP contribution < -0.4 is 11.3 Å². The molecule has 0 spiro atoms. The first-order valence-electron chi connectivity index (χ1n) is 4.83. The van der Waals surface area contributed by atoms with E-state index in [1.807, 2.05) is 5.16 Å². The average molecular weight is 244 g/mol. The lowest BCUT2D eigenvalue weighted by molar-refractivity contribution is -0.138. The first-order chi connectivity index (χ1) is 7.97. The highest BCUT2D eigenvalue weighted by molar-refractivity contribution is 5.88. The van der Waals surface area contributed by atoms with Crippen molar-refractivity contribution in [3.05, 3.63) is 21.7 Å². The third-order valence-corrected chi connectivity index (χ3v) is 2.00. The van der Waals surface area contributed by atoms with Crippen molar-refractivity contribution in [3.8, 4) is 0 Å². The summed E-state index contributed by atoms with van der Waals surface area (Å²) >= 11 is 0. The normalized spacial score (nSPS) is 12.1. The number of rotatable bonds is 5. The molecule has 1 aromatic heterocycles. The van der Waals surface area contributed by atoms with E-state index in [1.165, 1.54) is 0 Å². The molecule has 0 amide bonds. The smallest absolute Gasteiger partial charge is 0.377 e. The number of carboxylic acid groups (broad SMARTS) is 1. The Labute approximate surface area is 95.3 Å². The zero-order chi connectivity index (χ0) is 13.0. The van der Waals surface area contributed by atoms with E-state index < -0.39 is 23.5 Å². The zero-order valence-electron chi connectivity index (χ0n) is 9.06. The van der Waals surface area contributed by atoms with Crippen LogP contribution in [0.1, 0.15) is 23.0 Å². The molecule has 8 heteroatoms. The van der Waals surface area contributed by atoms with Gasteiger partial charge in [-0.3, -0.25) is 9.59 Å². The third-order valence-electron chi connectivity index (χ3n) is 2.00. The van der Waals surface area contributed by atoms with Gasteiger partial charge < -0.3 is 20.1 Å². The molecular weight excluding hydrogens is 232 g/mol. The number of carbonyl (C=O) groups excluding carboxylic acids is 1. The lowest BCUT2D eigenvalue weighted by atomic mass is 10.1. The van der Waals surface area contributed by atoms with Crippen LogP contribution in [0.3, 0.4) is 0 Å². The Bertz CT molecular complexity index is 474. The first kappa shape index (κ1) is 13.0. The minimum absolute atomic E-state index is 0.109. The Hall–Kier alpha value is -2.09. The van der Waals surface area contributed by atoms with E-state index in [0.717, 1.165) is 0 Å². The van der Waals surface area contributed by atoms with Crippen LogP contribution in [-0.4, -0.2) is 34.9 Å². The number of aromatic amines is 1. The Morgan fingerprint density at radius 1 is 1.59 bits per heavy atom. The SMILES string of the molecule is CCOC(=O)c1o[nH]c(=O)c1C[C@H](N)C(=O)O. The number of aromatic nitrogens is 1. The number of nitrogens with two attached hydrogens (primary N) is 1. The summed E-state index contributed by atoms with van der Waals surface area (Å²) in [5, 5.41) is 10.6. The van der Waals surface area contributed by atoms with Crippen LogP contribution in [0.25, 0.3) is 0 Å². The van der Waals surface area contributed by atoms with Gasteiger partial charge in [0.25, 0.3) is 5.56 Å². The molecule has 8 nitrogen and oxygen atoms in total. The molecule has 94 valence electrons. The lowest BCUT2D eigenvalue weighted by Crippen LogP contribution is -2.34. The lowest BCUT2D eigenvalue weighted by Gasteiger charge is -2.04. The maximum atomic E-state index is 11.4. The van der Waals surface area contributed by atoms with Crippen molar-refractivity contribution in [3.63, 3.8) is 0 Å². The number of H-pyrrole nitrogens is 1. The fourth-order valence-electron chi connectivity index (χ4n) is 1.18. The largest absolute Gasteiger partial charge is 0.480 e. The predicted molar refractivity (Wildman–Crippen MR) is 54.6 cm³/mol. The number of esters is 1. The van der Waals surface area contributed by atoms with Gasteiger partial charge in [-0.1, -0.05) is 0 Å². The Morgan fingerprint density at radius 2 is 2.24 bits per heavy atom. The summed E-state index contributed by atoms with van der Waals surface area (Å²) in [7, 11) is 0. The molecule has 0 aromatic carbocycles. The molecule has 1 aromatic rings. The van der Waals surface area contributed by atoms with Gasteiger partial charge in [-0.2, -0.15) is 5.16 Å². The number of nitrogens with one attached hydrogen (secondary N) is 1. The molecule has 0 fully saturated rings.